The molecular formula is C20H28N3O+. The van der Waals surface area contributed by atoms with Gasteiger partial charge in [0.25, 0.3) is 5.91 Å². The Labute approximate surface area is 143 Å². The van der Waals surface area contributed by atoms with Crippen LogP contribution in [0.1, 0.15) is 36.6 Å². The number of likely N-dealkylation sites (tertiary alicyclic amines) is 1. The van der Waals surface area contributed by atoms with Gasteiger partial charge in [-0.3, -0.25) is 4.79 Å². The topological polar surface area (TPSA) is 40.5 Å². The van der Waals surface area contributed by atoms with Crippen LogP contribution in [0.15, 0.2) is 18.2 Å². The summed E-state index contributed by atoms with van der Waals surface area (Å²) >= 11 is 0. The van der Waals surface area contributed by atoms with E-state index in [1.807, 2.05) is 0 Å². The molecule has 4 heteroatoms. The number of piperidine rings is 1. The number of amides is 1. The molecule has 1 unspecified atom stereocenters. The van der Waals surface area contributed by atoms with Crippen molar-refractivity contribution in [1.82, 2.24) is 9.88 Å². The van der Waals surface area contributed by atoms with E-state index < -0.39 is 0 Å². The van der Waals surface area contributed by atoms with Crippen molar-refractivity contribution < 1.29 is 9.69 Å². The zero-order chi connectivity index (χ0) is 16.7. The molecule has 3 heterocycles. The molecule has 128 valence electrons. The summed E-state index contributed by atoms with van der Waals surface area (Å²) < 4.78 is 0. The van der Waals surface area contributed by atoms with E-state index in [4.69, 9.17) is 0 Å². The Hall–Kier alpha value is -1.81. The number of hydrogen-bond acceptors (Lipinski definition) is 1. The fourth-order valence-corrected chi connectivity index (χ4v) is 4.42. The van der Waals surface area contributed by atoms with Crippen molar-refractivity contribution in [3.05, 3.63) is 35.0 Å². The maximum absolute atomic E-state index is 12.8. The van der Waals surface area contributed by atoms with Crippen molar-refractivity contribution in [3.8, 4) is 0 Å². The number of nitrogens with zero attached hydrogens (tertiary/aromatic N) is 1. The van der Waals surface area contributed by atoms with Crippen molar-refractivity contribution in [2.45, 2.75) is 39.7 Å². The summed E-state index contributed by atoms with van der Waals surface area (Å²) in [6, 6.07) is 6.55. The lowest BCUT2D eigenvalue weighted by Gasteiger charge is -2.31. The Balaban J connectivity index is 1.50. The standard InChI is InChI=1S/C20H27N3O/c1-14-5-6-18-16(10-14)17-12-23(9-7-19(17)21-18)20(24)13-22-8-3-4-15(2)11-22/h5-6,10,15,21H,3-4,7-9,11-13H2,1-2H3/p+1/t15-/m0/s1. The van der Waals surface area contributed by atoms with Gasteiger partial charge in [-0.1, -0.05) is 18.6 Å². The number of carbonyl (C=O) groups is 1. The molecule has 1 saturated heterocycles. The fraction of sp³-hybridized carbons (Fsp3) is 0.550. The Bertz CT molecular complexity index is 764. The highest BCUT2D eigenvalue weighted by Crippen LogP contribution is 2.28. The summed E-state index contributed by atoms with van der Waals surface area (Å²) in [6.07, 6.45) is 3.52. The largest absolute Gasteiger partial charge is 0.358 e. The van der Waals surface area contributed by atoms with Gasteiger partial charge in [-0.05, 0) is 31.9 Å². The van der Waals surface area contributed by atoms with Crippen LogP contribution in [0.2, 0.25) is 0 Å². The summed E-state index contributed by atoms with van der Waals surface area (Å²) in [4.78, 5) is 19.9. The number of quaternary nitrogens is 1. The third-order valence-electron chi connectivity index (χ3n) is 5.75. The SMILES string of the molecule is Cc1ccc2[nH]c3c(c2c1)CN(C(=O)C[NH+]1CCC[C@H](C)C1)CC3. The second-order valence-corrected chi connectivity index (χ2v) is 7.82. The van der Waals surface area contributed by atoms with Gasteiger partial charge in [-0.15, -0.1) is 0 Å². The van der Waals surface area contributed by atoms with E-state index in [1.54, 1.807) is 0 Å². The average molecular weight is 326 g/mol. The number of benzene rings is 1. The molecule has 1 amide bonds. The fourth-order valence-electron chi connectivity index (χ4n) is 4.42. The van der Waals surface area contributed by atoms with Gasteiger partial charge in [-0.2, -0.15) is 0 Å². The summed E-state index contributed by atoms with van der Waals surface area (Å²) in [5, 5.41) is 1.29. The molecule has 1 fully saturated rings. The quantitative estimate of drug-likeness (QED) is 0.866. The number of hydrogen-bond donors (Lipinski definition) is 2. The normalized spacial score (nSPS) is 24.2. The minimum atomic E-state index is 0.326. The molecule has 2 aliphatic heterocycles. The number of nitrogens with one attached hydrogen (secondary N) is 2. The number of fused-ring (bicyclic) bond motifs is 3. The molecular weight excluding hydrogens is 298 g/mol. The first-order chi connectivity index (χ1) is 11.6. The monoisotopic (exact) mass is 326 g/mol. The van der Waals surface area contributed by atoms with Crippen LogP contribution in [0.4, 0.5) is 0 Å². The van der Waals surface area contributed by atoms with Crippen LogP contribution >= 0.6 is 0 Å². The van der Waals surface area contributed by atoms with Crippen molar-refractivity contribution in [3.63, 3.8) is 0 Å². The number of aromatic amines is 1. The van der Waals surface area contributed by atoms with E-state index in [9.17, 15) is 4.79 Å². The number of H-pyrrole nitrogens is 1. The Kier molecular flexibility index (Phi) is 4.09. The van der Waals surface area contributed by atoms with Crippen molar-refractivity contribution >= 4 is 16.8 Å². The molecule has 0 spiro atoms. The van der Waals surface area contributed by atoms with E-state index >= 15 is 0 Å². The number of aromatic nitrogens is 1. The highest BCUT2D eigenvalue weighted by Gasteiger charge is 2.28. The summed E-state index contributed by atoms with van der Waals surface area (Å²) in [7, 11) is 0. The first-order valence-electron chi connectivity index (χ1n) is 9.31. The van der Waals surface area contributed by atoms with Gasteiger partial charge in [0.05, 0.1) is 13.1 Å². The minimum absolute atomic E-state index is 0.326. The predicted molar refractivity (Wildman–Crippen MR) is 96.1 cm³/mol. The molecule has 1 aromatic carbocycles. The molecule has 0 bridgehead atoms. The molecule has 2 atom stereocenters. The second kappa shape index (κ2) is 6.25. The van der Waals surface area contributed by atoms with Crippen LogP contribution in [-0.4, -0.2) is 42.0 Å². The van der Waals surface area contributed by atoms with Crippen molar-refractivity contribution in [2.75, 3.05) is 26.2 Å². The molecule has 2 N–H and O–H groups in total. The maximum atomic E-state index is 12.8. The zero-order valence-electron chi connectivity index (χ0n) is 14.8. The number of rotatable bonds is 2. The van der Waals surface area contributed by atoms with Crippen LogP contribution in [0, 0.1) is 12.8 Å². The molecule has 4 nitrogen and oxygen atoms in total. The molecule has 4 rings (SSSR count). The summed E-state index contributed by atoms with van der Waals surface area (Å²) in [5.74, 6) is 1.08. The smallest absolute Gasteiger partial charge is 0.278 e. The second-order valence-electron chi connectivity index (χ2n) is 7.82. The van der Waals surface area contributed by atoms with Gasteiger partial charge in [0.1, 0.15) is 0 Å². The Morgan fingerprint density at radius 2 is 2.29 bits per heavy atom. The van der Waals surface area contributed by atoms with Gasteiger partial charge in [-0.25, -0.2) is 0 Å². The van der Waals surface area contributed by atoms with Gasteiger partial charge in [0.2, 0.25) is 0 Å². The Morgan fingerprint density at radius 1 is 1.42 bits per heavy atom. The number of aryl methyl sites for hydroxylation is 1. The van der Waals surface area contributed by atoms with Gasteiger partial charge in [0.15, 0.2) is 6.54 Å². The first-order valence-corrected chi connectivity index (χ1v) is 9.31. The van der Waals surface area contributed by atoms with Crippen LogP contribution in [-0.2, 0) is 17.8 Å². The highest BCUT2D eigenvalue weighted by molar-refractivity contribution is 5.86. The molecule has 24 heavy (non-hydrogen) atoms. The summed E-state index contributed by atoms with van der Waals surface area (Å²) in [6.45, 7) is 9.02. The van der Waals surface area contributed by atoms with E-state index in [1.165, 1.54) is 45.5 Å². The van der Waals surface area contributed by atoms with Gasteiger partial charge < -0.3 is 14.8 Å². The molecule has 0 saturated carbocycles. The summed E-state index contributed by atoms with van der Waals surface area (Å²) in [5.41, 5.74) is 5.13. The zero-order valence-corrected chi connectivity index (χ0v) is 14.8. The van der Waals surface area contributed by atoms with Crippen molar-refractivity contribution in [2.24, 2.45) is 5.92 Å². The lowest BCUT2D eigenvalue weighted by molar-refractivity contribution is -0.900. The van der Waals surface area contributed by atoms with Crippen LogP contribution in [0.5, 0.6) is 0 Å². The van der Waals surface area contributed by atoms with Crippen LogP contribution in [0.25, 0.3) is 10.9 Å². The lowest BCUT2D eigenvalue weighted by atomic mass is 10.00. The predicted octanol–water partition coefficient (Wildman–Crippen LogP) is 1.68. The lowest BCUT2D eigenvalue weighted by Crippen LogP contribution is -3.14. The molecule has 0 aliphatic carbocycles. The first kappa shape index (κ1) is 15.7. The third kappa shape index (κ3) is 2.95. The van der Waals surface area contributed by atoms with Gasteiger partial charge in [0, 0.05) is 47.6 Å². The van der Waals surface area contributed by atoms with E-state index in [2.05, 4.69) is 41.9 Å². The van der Waals surface area contributed by atoms with E-state index in [-0.39, 0.29) is 0 Å². The van der Waals surface area contributed by atoms with Crippen molar-refractivity contribution in [1.29, 1.82) is 0 Å². The minimum Gasteiger partial charge on any atom is -0.358 e. The highest BCUT2D eigenvalue weighted by atomic mass is 16.2. The van der Waals surface area contributed by atoms with Crippen LogP contribution in [0.3, 0.4) is 0 Å². The van der Waals surface area contributed by atoms with E-state index in [0.29, 0.717) is 12.5 Å². The molecule has 1 aromatic heterocycles. The Morgan fingerprint density at radius 3 is 3.12 bits per heavy atom. The third-order valence-corrected chi connectivity index (χ3v) is 5.75. The van der Waals surface area contributed by atoms with E-state index in [0.717, 1.165) is 38.5 Å². The number of carbonyl (C=O) groups excluding carboxylic acids is 1. The maximum Gasteiger partial charge on any atom is 0.278 e. The van der Waals surface area contributed by atoms with Crippen LogP contribution < -0.4 is 4.90 Å². The molecule has 2 aromatic rings. The molecule has 2 aliphatic rings. The van der Waals surface area contributed by atoms with Gasteiger partial charge >= 0.3 is 0 Å². The average Bonchev–Trinajstić information content (AvgIpc) is 2.92. The molecule has 0 radical (unpaired) electrons.